The first-order valence-corrected chi connectivity index (χ1v) is 11.3. The van der Waals surface area contributed by atoms with Gasteiger partial charge in [-0.15, -0.1) is 0 Å². The smallest absolute Gasteiger partial charge is 0.234 e. The molecule has 5 heterocycles. The molecule has 1 fully saturated rings. The van der Waals surface area contributed by atoms with E-state index in [0.29, 0.717) is 23.3 Å². The molecular weight excluding hydrogens is 424 g/mol. The first kappa shape index (κ1) is 19.6. The highest BCUT2D eigenvalue weighted by molar-refractivity contribution is 6.31. The van der Waals surface area contributed by atoms with Gasteiger partial charge in [-0.05, 0) is 51.0 Å². The number of benzene rings is 1. The molecule has 4 aromatic heterocycles. The van der Waals surface area contributed by atoms with Gasteiger partial charge in [0.05, 0.1) is 29.0 Å². The van der Waals surface area contributed by atoms with Gasteiger partial charge in [0, 0.05) is 47.6 Å². The van der Waals surface area contributed by atoms with E-state index in [0.717, 1.165) is 58.6 Å². The maximum Gasteiger partial charge on any atom is 0.234 e. The van der Waals surface area contributed by atoms with Gasteiger partial charge >= 0.3 is 0 Å². The molecule has 0 spiro atoms. The first-order valence-electron chi connectivity index (χ1n) is 10.9. The van der Waals surface area contributed by atoms with E-state index in [4.69, 9.17) is 26.3 Å². The van der Waals surface area contributed by atoms with Crippen LogP contribution in [0.5, 0.6) is 0 Å². The Labute approximate surface area is 190 Å². The lowest BCUT2D eigenvalue weighted by Crippen LogP contribution is -2.26. The zero-order valence-electron chi connectivity index (χ0n) is 18.0. The summed E-state index contributed by atoms with van der Waals surface area (Å²) >= 11 is 6.38. The van der Waals surface area contributed by atoms with E-state index >= 15 is 0 Å². The zero-order valence-corrected chi connectivity index (χ0v) is 18.8. The fourth-order valence-electron chi connectivity index (χ4n) is 4.78. The Hall–Kier alpha value is -3.03. The average Bonchev–Trinajstić information content (AvgIpc) is 3.34. The van der Waals surface area contributed by atoms with Crippen LogP contribution < -0.4 is 0 Å². The molecule has 0 radical (unpaired) electrons. The molecule has 0 bridgehead atoms. The van der Waals surface area contributed by atoms with Gasteiger partial charge in [-0.3, -0.25) is 9.38 Å². The highest BCUT2D eigenvalue weighted by Crippen LogP contribution is 2.34. The van der Waals surface area contributed by atoms with Gasteiger partial charge in [0.15, 0.2) is 0 Å². The van der Waals surface area contributed by atoms with Crippen molar-refractivity contribution >= 4 is 39.3 Å². The Morgan fingerprint density at radius 2 is 2.06 bits per heavy atom. The highest BCUT2D eigenvalue weighted by Gasteiger charge is 2.26. The van der Waals surface area contributed by atoms with Gasteiger partial charge in [-0.1, -0.05) is 11.6 Å². The number of nitrogens with zero attached hydrogens (tertiary/aromatic N) is 6. The van der Waals surface area contributed by atoms with Gasteiger partial charge < -0.3 is 9.30 Å². The standard InChI is InChI=1S/C24H23ClN6O/c1-14-5-7-30-13-17(28-24(30)27-14)11-22-29-21-12-26-20-4-3-16(25)10-19(20)23(21)31(22)18-6-8-32-15(2)9-18/h3-5,7,10,12-13,15,18H,6,8-9,11H2,1-2H3/t15-,18-/m1/s1. The van der Waals surface area contributed by atoms with Crippen LogP contribution in [0.25, 0.3) is 27.7 Å². The van der Waals surface area contributed by atoms with Gasteiger partial charge in [-0.25, -0.2) is 15.0 Å². The number of imidazole rings is 2. The van der Waals surface area contributed by atoms with E-state index in [9.17, 15) is 0 Å². The van der Waals surface area contributed by atoms with Crippen molar-refractivity contribution in [3.63, 3.8) is 0 Å². The van der Waals surface area contributed by atoms with Crippen molar-refractivity contribution in [2.24, 2.45) is 0 Å². The number of rotatable bonds is 3. The minimum Gasteiger partial charge on any atom is -0.378 e. The van der Waals surface area contributed by atoms with Crippen LogP contribution in [0, 0.1) is 6.92 Å². The minimum atomic E-state index is 0.207. The van der Waals surface area contributed by atoms with Crippen molar-refractivity contribution < 1.29 is 4.74 Å². The van der Waals surface area contributed by atoms with E-state index in [2.05, 4.69) is 21.5 Å². The second-order valence-electron chi connectivity index (χ2n) is 8.60. The molecule has 0 saturated carbocycles. The largest absolute Gasteiger partial charge is 0.378 e. The lowest BCUT2D eigenvalue weighted by molar-refractivity contribution is 0.00631. The molecule has 7 nitrogen and oxygen atoms in total. The molecule has 1 aromatic carbocycles. The van der Waals surface area contributed by atoms with E-state index < -0.39 is 0 Å². The summed E-state index contributed by atoms with van der Waals surface area (Å²) in [4.78, 5) is 18.9. The second kappa shape index (κ2) is 7.53. The van der Waals surface area contributed by atoms with Crippen LogP contribution in [0.15, 0.2) is 42.9 Å². The van der Waals surface area contributed by atoms with Crippen LogP contribution in [0.4, 0.5) is 0 Å². The number of ether oxygens (including phenoxy) is 1. The van der Waals surface area contributed by atoms with Gasteiger partial charge in [0.2, 0.25) is 5.78 Å². The molecule has 8 heteroatoms. The van der Waals surface area contributed by atoms with Crippen molar-refractivity contribution in [1.29, 1.82) is 0 Å². The normalized spacial score (nSPS) is 19.3. The van der Waals surface area contributed by atoms with Crippen molar-refractivity contribution in [3.05, 3.63) is 65.1 Å². The number of aryl methyl sites for hydroxylation is 1. The number of halogens is 1. The molecule has 0 N–H and O–H groups in total. The summed E-state index contributed by atoms with van der Waals surface area (Å²) in [6.07, 6.45) is 8.60. The molecule has 162 valence electrons. The third kappa shape index (κ3) is 3.32. The molecular formula is C24H23ClN6O. The van der Waals surface area contributed by atoms with Gasteiger partial charge in [-0.2, -0.15) is 0 Å². The topological polar surface area (TPSA) is 70.1 Å². The lowest BCUT2D eigenvalue weighted by Gasteiger charge is -2.30. The Kier molecular flexibility index (Phi) is 4.62. The molecule has 2 atom stereocenters. The Morgan fingerprint density at radius 3 is 2.94 bits per heavy atom. The summed E-state index contributed by atoms with van der Waals surface area (Å²) in [5.74, 6) is 1.69. The summed E-state index contributed by atoms with van der Waals surface area (Å²) in [6, 6.07) is 8.12. The molecule has 0 aliphatic carbocycles. The van der Waals surface area contributed by atoms with Crippen molar-refractivity contribution in [2.75, 3.05) is 6.61 Å². The summed E-state index contributed by atoms with van der Waals surface area (Å²) in [6.45, 7) is 4.85. The summed E-state index contributed by atoms with van der Waals surface area (Å²) in [7, 11) is 0. The van der Waals surface area contributed by atoms with Crippen molar-refractivity contribution in [3.8, 4) is 0 Å². The van der Waals surface area contributed by atoms with Gasteiger partial charge in [0.1, 0.15) is 11.3 Å². The first-order chi connectivity index (χ1) is 15.5. The van der Waals surface area contributed by atoms with E-state index in [1.807, 2.05) is 54.2 Å². The lowest BCUT2D eigenvalue weighted by atomic mass is 10.0. The summed E-state index contributed by atoms with van der Waals surface area (Å²) < 4.78 is 10.2. The summed E-state index contributed by atoms with van der Waals surface area (Å²) in [5.41, 5.74) is 4.78. The molecule has 0 unspecified atom stereocenters. The third-order valence-corrected chi connectivity index (χ3v) is 6.46. The number of aromatic nitrogens is 6. The van der Waals surface area contributed by atoms with Crippen LogP contribution in [0.1, 0.15) is 43.0 Å². The van der Waals surface area contributed by atoms with E-state index in [1.54, 1.807) is 0 Å². The summed E-state index contributed by atoms with van der Waals surface area (Å²) in [5, 5.41) is 1.73. The monoisotopic (exact) mass is 446 g/mol. The van der Waals surface area contributed by atoms with Crippen molar-refractivity contribution in [1.82, 2.24) is 28.9 Å². The fraction of sp³-hybridized carbons (Fsp3) is 0.333. The Morgan fingerprint density at radius 1 is 1.16 bits per heavy atom. The molecule has 32 heavy (non-hydrogen) atoms. The van der Waals surface area contributed by atoms with Crippen LogP contribution in [0.3, 0.4) is 0 Å². The second-order valence-corrected chi connectivity index (χ2v) is 9.03. The third-order valence-electron chi connectivity index (χ3n) is 6.23. The van der Waals surface area contributed by atoms with Crippen LogP contribution in [0.2, 0.25) is 5.02 Å². The number of pyridine rings is 1. The predicted molar refractivity (Wildman–Crippen MR) is 124 cm³/mol. The SMILES string of the molecule is Cc1ccn2cc(Cc3nc4cnc5ccc(Cl)cc5c4n3[C@@H]3CCO[C@H](C)C3)nc2n1. The van der Waals surface area contributed by atoms with Crippen LogP contribution in [-0.4, -0.2) is 41.6 Å². The maximum atomic E-state index is 6.38. The maximum absolute atomic E-state index is 6.38. The Bertz CT molecular complexity index is 1470. The Balaban J connectivity index is 1.55. The fourth-order valence-corrected chi connectivity index (χ4v) is 4.95. The number of hydrogen-bond donors (Lipinski definition) is 0. The number of hydrogen-bond acceptors (Lipinski definition) is 5. The van der Waals surface area contributed by atoms with E-state index in [1.165, 1.54) is 0 Å². The molecule has 1 aliphatic heterocycles. The minimum absolute atomic E-state index is 0.207. The molecule has 1 saturated heterocycles. The quantitative estimate of drug-likeness (QED) is 0.393. The van der Waals surface area contributed by atoms with Gasteiger partial charge in [0.25, 0.3) is 0 Å². The van der Waals surface area contributed by atoms with Crippen molar-refractivity contribution in [2.45, 2.75) is 45.3 Å². The molecule has 6 rings (SSSR count). The number of fused-ring (bicyclic) bond motifs is 4. The van der Waals surface area contributed by atoms with Crippen LogP contribution >= 0.6 is 11.6 Å². The predicted octanol–water partition coefficient (Wildman–Crippen LogP) is 4.92. The van der Waals surface area contributed by atoms with E-state index in [-0.39, 0.29) is 6.10 Å². The zero-order chi connectivity index (χ0) is 21.8. The highest BCUT2D eigenvalue weighted by atomic mass is 35.5. The molecule has 0 amide bonds. The molecule has 5 aromatic rings. The van der Waals surface area contributed by atoms with Crippen LogP contribution in [-0.2, 0) is 11.2 Å². The average molecular weight is 447 g/mol. The molecule has 1 aliphatic rings.